The van der Waals surface area contributed by atoms with Crippen molar-refractivity contribution in [2.24, 2.45) is 0 Å². The largest absolute Gasteiger partial charge is 0.322 e. The number of pyridine rings is 2. The molecule has 0 aliphatic carbocycles. The highest BCUT2D eigenvalue weighted by molar-refractivity contribution is 7.92. The molecule has 2 aromatic heterocycles. The number of carbonyl (C=O) groups excluding carboxylic acids is 1. The third-order valence-electron chi connectivity index (χ3n) is 6.14. The molecule has 0 fully saturated rings. The number of aromatic nitrogens is 2. The van der Waals surface area contributed by atoms with E-state index < -0.39 is 10.0 Å². The van der Waals surface area contributed by atoms with Gasteiger partial charge in [0.05, 0.1) is 23.0 Å². The number of aryl methyl sites for hydroxylation is 1. The summed E-state index contributed by atoms with van der Waals surface area (Å²) in [7, 11) is -3.43. The van der Waals surface area contributed by atoms with Crippen molar-refractivity contribution in [3.63, 3.8) is 0 Å². The fourth-order valence-corrected chi connectivity index (χ4v) is 4.95. The number of nitrogens with one attached hydrogen (secondary N) is 2. The van der Waals surface area contributed by atoms with E-state index in [9.17, 15) is 18.0 Å². The molecule has 0 saturated heterocycles. The minimum Gasteiger partial charge on any atom is -0.322 e. The van der Waals surface area contributed by atoms with E-state index in [0.717, 1.165) is 33.7 Å². The lowest BCUT2D eigenvalue weighted by Gasteiger charge is -2.15. The maximum Gasteiger partial charge on any atom is 0.255 e. The molecule has 8 nitrogen and oxygen atoms in total. The Morgan fingerprint density at radius 3 is 2.55 bits per heavy atom. The molecule has 9 heteroatoms. The SMILES string of the molecule is C=CC(=O)Nc1cc(-n2c(=O)ccc3cnc4ccc(-c5cccc(NS(C)(=O)=O)c5)cc4c32)ccc1C. The number of hydrogen-bond donors (Lipinski definition) is 2. The number of rotatable bonds is 6. The summed E-state index contributed by atoms with van der Waals surface area (Å²) in [5.41, 5.74) is 5.20. The summed E-state index contributed by atoms with van der Waals surface area (Å²) in [6.07, 6.45) is 4.02. The fraction of sp³-hybridized carbons (Fsp3) is 0.0690. The number of carbonyl (C=O) groups is 1. The van der Waals surface area contributed by atoms with Crippen LogP contribution in [-0.4, -0.2) is 30.1 Å². The Kier molecular flexibility index (Phi) is 6.30. The second-order valence-corrected chi connectivity index (χ2v) is 10.7. The number of hydrogen-bond acceptors (Lipinski definition) is 5. The smallest absolute Gasteiger partial charge is 0.255 e. The van der Waals surface area contributed by atoms with Crippen LogP contribution in [0.15, 0.2) is 96.4 Å². The Balaban J connectivity index is 1.74. The molecule has 0 atom stereocenters. The van der Waals surface area contributed by atoms with Crippen LogP contribution in [0.2, 0.25) is 0 Å². The van der Waals surface area contributed by atoms with E-state index >= 15 is 0 Å². The van der Waals surface area contributed by atoms with Gasteiger partial charge in [0.2, 0.25) is 15.9 Å². The topological polar surface area (TPSA) is 110 Å². The Morgan fingerprint density at radius 2 is 1.79 bits per heavy atom. The van der Waals surface area contributed by atoms with Crippen LogP contribution >= 0.6 is 0 Å². The predicted octanol–water partition coefficient (Wildman–Crippen LogP) is 5.01. The highest BCUT2D eigenvalue weighted by Gasteiger charge is 2.14. The summed E-state index contributed by atoms with van der Waals surface area (Å²) in [4.78, 5) is 29.8. The van der Waals surface area contributed by atoms with Gasteiger partial charge in [-0.2, -0.15) is 0 Å². The quantitative estimate of drug-likeness (QED) is 0.240. The van der Waals surface area contributed by atoms with Gasteiger partial charge in [0.25, 0.3) is 5.56 Å². The second-order valence-electron chi connectivity index (χ2n) is 8.95. The van der Waals surface area contributed by atoms with Gasteiger partial charge in [-0.1, -0.05) is 30.8 Å². The Morgan fingerprint density at radius 1 is 1.00 bits per heavy atom. The van der Waals surface area contributed by atoms with Crippen LogP contribution in [0, 0.1) is 6.92 Å². The molecule has 5 rings (SSSR count). The summed E-state index contributed by atoms with van der Waals surface area (Å²) in [6.45, 7) is 5.37. The monoisotopic (exact) mass is 524 g/mol. The molecule has 0 bridgehead atoms. The summed E-state index contributed by atoms with van der Waals surface area (Å²) in [5.74, 6) is -0.345. The van der Waals surface area contributed by atoms with Gasteiger partial charge < -0.3 is 5.32 Å². The first kappa shape index (κ1) is 24.9. The van der Waals surface area contributed by atoms with E-state index in [0.29, 0.717) is 28.1 Å². The van der Waals surface area contributed by atoms with Crippen molar-refractivity contribution in [1.29, 1.82) is 0 Å². The van der Waals surface area contributed by atoms with Gasteiger partial charge in [-0.25, -0.2) is 8.42 Å². The van der Waals surface area contributed by atoms with Crippen molar-refractivity contribution in [3.8, 4) is 16.8 Å². The van der Waals surface area contributed by atoms with Crippen molar-refractivity contribution >= 4 is 49.1 Å². The van der Waals surface area contributed by atoms with Crippen molar-refractivity contribution < 1.29 is 13.2 Å². The number of sulfonamides is 1. The first-order chi connectivity index (χ1) is 18.1. The van der Waals surface area contributed by atoms with Crippen LogP contribution in [0.1, 0.15) is 5.56 Å². The number of anilines is 2. The standard InChI is InChI=1S/C29H24N4O4S/c1-4-27(34)31-26-16-23(11-8-18(26)2)33-28(35)13-10-21-17-30-25-12-9-20(15-24(25)29(21)33)19-6-5-7-22(14-19)32-38(3,36)37/h4-17,32H,1H2,2-3H3,(H,31,34). The Bertz CT molecular complexity index is 1930. The maximum atomic E-state index is 13.3. The molecule has 0 aliphatic rings. The van der Waals surface area contributed by atoms with E-state index in [4.69, 9.17) is 0 Å². The first-order valence-corrected chi connectivity index (χ1v) is 13.6. The molecular weight excluding hydrogens is 500 g/mol. The third-order valence-corrected chi connectivity index (χ3v) is 6.75. The third kappa shape index (κ3) is 4.91. The molecule has 190 valence electrons. The fourth-order valence-electron chi connectivity index (χ4n) is 4.39. The van der Waals surface area contributed by atoms with Crippen molar-refractivity contribution in [2.45, 2.75) is 6.92 Å². The molecule has 0 saturated carbocycles. The molecule has 1 amide bonds. The molecule has 0 aliphatic heterocycles. The van der Waals surface area contributed by atoms with Crippen LogP contribution < -0.4 is 15.6 Å². The van der Waals surface area contributed by atoms with Gasteiger partial charge in [0.1, 0.15) is 0 Å². The average molecular weight is 525 g/mol. The van der Waals surface area contributed by atoms with Gasteiger partial charge in [-0.3, -0.25) is 23.9 Å². The second kappa shape index (κ2) is 9.60. The summed E-state index contributed by atoms with van der Waals surface area (Å²) < 4.78 is 27.5. The lowest BCUT2D eigenvalue weighted by molar-refractivity contribution is -0.111. The summed E-state index contributed by atoms with van der Waals surface area (Å²) in [6, 6.07) is 21.5. The van der Waals surface area contributed by atoms with Crippen LogP contribution in [0.5, 0.6) is 0 Å². The highest BCUT2D eigenvalue weighted by Crippen LogP contribution is 2.31. The van der Waals surface area contributed by atoms with Crippen LogP contribution in [0.4, 0.5) is 11.4 Å². The first-order valence-electron chi connectivity index (χ1n) is 11.7. The van der Waals surface area contributed by atoms with E-state index in [1.165, 1.54) is 12.1 Å². The highest BCUT2D eigenvalue weighted by atomic mass is 32.2. The van der Waals surface area contributed by atoms with Gasteiger partial charge in [0.15, 0.2) is 0 Å². The van der Waals surface area contributed by atoms with Gasteiger partial charge in [-0.05, 0) is 72.2 Å². The number of amides is 1. The van der Waals surface area contributed by atoms with Crippen LogP contribution in [-0.2, 0) is 14.8 Å². The molecule has 2 heterocycles. The van der Waals surface area contributed by atoms with Gasteiger partial charge >= 0.3 is 0 Å². The van der Waals surface area contributed by atoms with E-state index in [1.807, 2.05) is 43.3 Å². The molecule has 38 heavy (non-hydrogen) atoms. The van der Waals surface area contributed by atoms with Crippen molar-refractivity contribution in [3.05, 3.63) is 108 Å². The molecule has 0 radical (unpaired) electrons. The normalized spacial score (nSPS) is 11.4. The summed E-state index contributed by atoms with van der Waals surface area (Å²) in [5, 5.41) is 4.30. The molecular formula is C29H24N4O4S. The molecule has 5 aromatic rings. The van der Waals surface area contributed by atoms with Gasteiger partial charge in [-0.15, -0.1) is 0 Å². The van der Waals surface area contributed by atoms with Crippen molar-refractivity contribution in [2.75, 3.05) is 16.3 Å². The molecule has 0 unspecified atom stereocenters. The van der Waals surface area contributed by atoms with E-state index in [2.05, 4.69) is 21.6 Å². The zero-order valence-electron chi connectivity index (χ0n) is 20.7. The molecule has 2 N–H and O–H groups in total. The zero-order valence-corrected chi connectivity index (χ0v) is 21.5. The van der Waals surface area contributed by atoms with Crippen molar-refractivity contribution in [1.82, 2.24) is 9.55 Å². The average Bonchev–Trinajstić information content (AvgIpc) is 2.88. The van der Waals surface area contributed by atoms with Crippen LogP contribution in [0.25, 0.3) is 38.6 Å². The summed E-state index contributed by atoms with van der Waals surface area (Å²) >= 11 is 0. The van der Waals surface area contributed by atoms with E-state index in [1.54, 1.807) is 41.1 Å². The van der Waals surface area contributed by atoms with Gasteiger partial charge in [0, 0.05) is 34.4 Å². The minimum atomic E-state index is -3.43. The predicted molar refractivity (Wildman–Crippen MR) is 152 cm³/mol. The van der Waals surface area contributed by atoms with E-state index in [-0.39, 0.29) is 11.5 Å². The minimum absolute atomic E-state index is 0.236. The van der Waals surface area contributed by atoms with Crippen LogP contribution in [0.3, 0.4) is 0 Å². The number of fused-ring (bicyclic) bond motifs is 3. The molecule has 0 spiro atoms. The maximum absolute atomic E-state index is 13.3. The number of nitrogens with zero attached hydrogens (tertiary/aromatic N) is 2. The molecule has 3 aromatic carbocycles. The lowest BCUT2D eigenvalue weighted by atomic mass is 10.0. The Labute approximate surface area is 219 Å². The lowest BCUT2D eigenvalue weighted by Crippen LogP contribution is -2.18. The number of benzene rings is 3. The Hall–Kier alpha value is -4.76. The zero-order chi connectivity index (χ0) is 27.0.